The normalized spacial score (nSPS) is 53.6. The molecule has 4 saturated carbocycles. The second-order valence-electron chi connectivity index (χ2n) is 13.3. The third-order valence-electron chi connectivity index (χ3n) is 11.5. The quantitative estimate of drug-likeness (QED) is 0.614. The highest BCUT2D eigenvalue weighted by Gasteiger charge is 2.63. The summed E-state index contributed by atoms with van der Waals surface area (Å²) < 4.78 is 6.01. The highest BCUT2D eigenvalue weighted by Crippen LogP contribution is 2.67. The van der Waals surface area contributed by atoms with Gasteiger partial charge in [-0.3, -0.25) is 4.79 Å². The molecule has 5 rings (SSSR count). The molecule has 5 aliphatic rings. The maximum atomic E-state index is 13.5. The van der Waals surface area contributed by atoms with E-state index < -0.39 is 6.29 Å². The molecule has 5 fully saturated rings. The Morgan fingerprint density at radius 1 is 1.00 bits per heavy atom. The molecule has 0 bridgehead atoms. The van der Waals surface area contributed by atoms with E-state index in [-0.39, 0.29) is 23.5 Å². The number of carbonyl (C=O) groups is 1. The van der Waals surface area contributed by atoms with Crippen molar-refractivity contribution in [1.29, 1.82) is 0 Å². The number of carbonyl (C=O) groups excluding carboxylic acids is 1. The predicted molar refractivity (Wildman–Crippen MR) is 125 cm³/mol. The molecule has 32 heavy (non-hydrogen) atoms. The molecule has 0 radical (unpaired) electrons. The monoisotopic (exact) mass is 446 g/mol. The first kappa shape index (κ1) is 23.3. The number of hydrogen-bond acceptors (Lipinski definition) is 4. The molecule has 4 heteroatoms. The van der Waals surface area contributed by atoms with Crippen LogP contribution in [0.2, 0.25) is 0 Å². The van der Waals surface area contributed by atoms with E-state index in [4.69, 9.17) is 4.74 Å². The summed E-state index contributed by atoms with van der Waals surface area (Å²) >= 11 is 0. The van der Waals surface area contributed by atoms with Crippen molar-refractivity contribution in [2.75, 3.05) is 0 Å². The van der Waals surface area contributed by atoms with E-state index in [2.05, 4.69) is 27.7 Å². The van der Waals surface area contributed by atoms with Crippen LogP contribution in [0.15, 0.2) is 0 Å². The van der Waals surface area contributed by atoms with Crippen LogP contribution in [0.1, 0.15) is 98.3 Å². The van der Waals surface area contributed by atoms with Gasteiger partial charge >= 0.3 is 0 Å². The molecule has 1 aliphatic heterocycles. The van der Waals surface area contributed by atoms with Crippen molar-refractivity contribution in [3.8, 4) is 0 Å². The number of Topliss-reactive ketones (excluding diaryl/α,β-unsaturated/α-hetero) is 1. The fraction of sp³-hybridized carbons (Fsp3) is 0.964. The van der Waals surface area contributed by atoms with Crippen molar-refractivity contribution in [3.63, 3.8) is 0 Å². The molecule has 0 aromatic heterocycles. The molecule has 2 N–H and O–H groups in total. The Hall–Kier alpha value is -0.450. The van der Waals surface area contributed by atoms with E-state index in [1.165, 1.54) is 19.3 Å². The second kappa shape index (κ2) is 8.34. The van der Waals surface area contributed by atoms with Crippen LogP contribution in [0, 0.1) is 52.3 Å². The Balaban J connectivity index is 1.33. The van der Waals surface area contributed by atoms with Gasteiger partial charge in [-0.1, -0.05) is 27.7 Å². The lowest BCUT2D eigenvalue weighted by molar-refractivity contribution is -0.190. The van der Waals surface area contributed by atoms with Gasteiger partial charge in [0.05, 0.1) is 12.2 Å². The zero-order valence-electron chi connectivity index (χ0n) is 20.8. The van der Waals surface area contributed by atoms with Crippen LogP contribution >= 0.6 is 0 Å². The minimum Gasteiger partial charge on any atom is -0.393 e. The van der Waals surface area contributed by atoms with Crippen molar-refractivity contribution in [3.05, 3.63) is 0 Å². The van der Waals surface area contributed by atoms with Gasteiger partial charge in [0.15, 0.2) is 6.29 Å². The van der Waals surface area contributed by atoms with Gasteiger partial charge in [-0.15, -0.1) is 0 Å². The van der Waals surface area contributed by atoms with Gasteiger partial charge in [0.2, 0.25) is 0 Å². The smallest absolute Gasteiger partial charge is 0.155 e. The molecule has 1 saturated heterocycles. The maximum absolute atomic E-state index is 13.5. The fourth-order valence-electron chi connectivity index (χ4n) is 9.53. The lowest BCUT2D eigenvalue weighted by atomic mass is 9.44. The number of aliphatic hydroxyl groups excluding tert-OH is 2. The van der Waals surface area contributed by atoms with Gasteiger partial charge in [-0.25, -0.2) is 0 Å². The van der Waals surface area contributed by atoms with Crippen molar-refractivity contribution in [2.45, 2.75) is 117 Å². The molecule has 1 heterocycles. The summed E-state index contributed by atoms with van der Waals surface area (Å²) in [5.41, 5.74) is 0.400. The molecular weight excluding hydrogens is 400 g/mol. The highest BCUT2D eigenvalue weighted by atomic mass is 16.6. The number of ketones is 1. The van der Waals surface area contributed by atoms with Crippen LogP contribution in [0.3, 0.4) is 0 Å². The predicted octanol–water partition coefficient (Wildman–Crippen LogP) is 5.34. The Morgan fingerprint density at radius 3 is 2.50 bits per heavy atom. The van der Waals surface area contributed by atoms with Gasteiger partial charge in [-0.2, -0.15) is 0 Å². The molecule has 182 valence electrons. The summed E-state index contributed by atoms with van der Waals surface area (Å²) in [7, 11) is 0. The van der Waals surface area contributed by atoms with E-state index in [9.17, 15) is 15.0 Å². The number of ether oxygens (including phenoxy) is 1. The highest BCUT2D eigenvalue weighted by molar-refractivity contribution is 5.85. The number of rotatable bonds is 3. The molecule has 0 spiro atoms. The van der Waals surface area contributed by atoms with Crippen LogP contribution in [-0.4, -0.2) is 34.5 Å². The van der Waals surface area contributed by atoms with Crippen LogP contribution in [0.4, 0.5) is 0 Å². The molecular formula is C28H46O4. The Morgan fingerprint density at radius 2 is 1.75 bits per heavy atom. The molecule has 0 aromatic rings. The minimum atomic E-state index is -0.644. The maximum Gasteiger partial charge on any atom is 0.155 e. The number of hydrogen-bond donors (Lipinski definition) is 2. The topological polar surface area (TPSA) is 66.8 Å². The minimum absolute atomic E-state index is 0.0883. The molecule has 11 atom stereocenters. The van der Waals surface area contributed by atoms with Gasteiger partial charge in [0.1, 0.15) is 5.78 Å². The van der Waals surface area contributed by atoms with Gasteiger partial charge in [0.25, 0.3) is 0 Å². The summed E-state index contributed by atoms with van der Waals surface area (Å²) in [5.74, 6) is 4.00. The first-order chi connectivity index (χ1) is 15.1. The number of aliphatic hydroxyl groups is 2. The largest absolute Gasteiger partial charge is 0.393 e. The zero-order valence-corrected chi connectivity index (χ0v) is 20.8. The molecule has 4 aliphatic carbocycles. The van der Waals surface area contributed by atoms with E-state index in [0.717, 1.165) is 44.9 Å². The van der Waals surface area contributed by atoms with Crippen LogP contribution in [0.25, 0.3) is 0 Å². The van der Waals surface area contributed by atoms with Gasteiger partial charge < -0.3 is 14.9 Å². The van der Waals surface area contributed by atoms with Crippen LogP contribution < -0.4 is 0 Å². The van der Waals surface area contributed by atoms with E-state index >= 15 is 0 Å². The molecule has 7 unspecified atom stereocenters. The van der Waals surface area contributed by atoms with Crippen molar-refractivity contribution >= 4 is 5.78 Å². The standard InChI is InChI=1S/C28H46O4/c1-16(2)17-11-21(32-25(31)12-17)14-19-15-24(30)26-22-6-5-18-13-20(29)7-9-27(18,3)23(22)8-10-28(19,26)4/h16-23,25-26,29,31H,5-15H2,1-4H3/t17?,18?,19?,20-,21?,22?,23?,25?,26+,27-,28+/m0/s1. The van der Waals surface area contributed by atoms with Crippen molar-refractivity contribution in [1.82, 2.24) is 0 Å². The van der Waals surface area contributed by atoms with E-state index in [1.807, 2.05) is 0 Å². The van der Waals surface area contributed by atoms with E-state index in [0.29, 0.717) is 53.1 Å². The van der Waals surface area contributed by atoms with Crippen LogP contribution in [0.5, 0.6) is 0 Å². The first-order valence-corrected chi connectivity index (χ1v) is 13.7. The molecule has 4 nitrogen and oxygen atoms in total. The molecule has 0 amide bonds. The van der Waals surface area contributed by atoms with Crippen LogP contribution in [-0.2, 0) is 9.53 Å². The fourth-order valence-corrected chi connectivity index (χ4v) is 9.53. The Kier molecular flexibility index (Phi) is 6.07. The summed E-state index contributed by atoms with van der Waals surface area (Å²) in [6, 6.07) is 0. The third-order valence-corrected chi connectivity index (χ3v) is 11.5. The zero-order chi connectivity index (χ0) is 22.8. The summed E-state index contributed by atoms with van der Waals surface area (Å²) in [6.45, 7) is 9.41. The average molecular weight is 447 g/mol. The lowest BCUT2D eigenvalue weighted by Crippen LogP contribution is -2.55. The van der Waals surface area contributed by atoms with Gasteiger partial charge in [0, 0.05) is 18.8 Å². The Bertz CT molecular complexity index is 720. The summed E-state index contributed by atoms with van der Waals surface area (Å²) in [4.78, 5) is 13.5. The summed E-state index contributed by atoms with van der Waals surface area (Å²) in [6.07, 6.45) is 10.5. The second-order valence-corrected chi connectivity index (χ2v) is 13.3. The van der Waals surface area contributed by atoms with Crippen molar-refractivity contribution < 1.29 is 19.7 Å². The van der Waals surface area contributed by atoms with Crippen molar-refractivity contribution in [2.24, 2.45) is 52.3 Å². The Labute approximate surface area is 194 Å². The summed E-state index contributed by atoms with van der Waals surface area (Å²) in [5, 5.41) is 20.6. The molecule has 0 aromatic carbocycles. The lowest BCUT2D eigenvalue weighted by Gasteiger charge is -2.60. The first-order valence-electron chi connectivity index (χ1n) is 13.7. The van der Waals surface area contributed by atoms with E-state index in [1.54, 1.807) is 0 Å². The van der Waals surface area contributed by atoms with Gasteiger partial charge in [-0.05, 0) is 104 Å². The number of fused-ring (bicyclic) bond motifs is 5. The SMILES string of the molecule is CC(C)C1CC(O)OC(CC2CC(=O)[C@H]3C4CCC5C[C@@H](O)CC[C@]5(C)C4CC[C@]23C)C1. The average Bonchev–Trinajstić information content (AvgIpc) is 2.98. The third kappa shape index (κ3) is 3.71.